The lowest BCUT2D eigenvalue weighted by Crippen LogP contribution is -2.09. The van der Waals surface area contributed by atoms with Crippen LogP contribution in [0, 0.1) is 5.82 Å². The van der Waals surface area contributed by atoms with Gasteiger partial charge in [-0.3, -0.25) is 0 Å². The van der Waals surface area contributed by atoms with Crippen molar-refractivity contribution in [1.29, 1.82) is 0 Å². The van der Waals surface area contributed by atoms with Crippen molar-refractivity contribution in [1.82, 2.24) is 15.0 Å². The van der Waals surface area contributed by atoms with Crippen LogP contribution in [0.1, 0.15) is 22.2 Å². The van der Waals surface area contributed by atoms with Crippen LogP contribution in [0.25, 0.3) is 0 Å². The van der Waals surface area contributed by atoms with E-state index in [2.05, 4.69) is 10.3 Å². The van der Waals surface area contributed by atoms with E-state index >= 15 is 0 Å². The molecule has 2 rings (SSSR count). The van der Waals surface area contributed by atoms with Crippen molar-refractivity contribution < 1.29 is 19.4 Å². The average Bonchev–Trinajstić information content (AvgIpc) is 2.77. The molecule has 18 heavy (non-hydrogen) atoms. The first-order chi connectivity index (χ1) is 8.56. The maximum atomic E-state index is 13.0. The second-order valence-corrected chi connectivity index (χ2v) is 3.70. The van der Waals surface area contributed by atoms with Gasteiger partial charge in [0, 0.05) is 0 Å². The standard InChI is InChI=1S/C11H10FN3O3/c12-8-3-1-2-7(4-8)10(16)6-15-5-9(11(17)18)13-14-15/h1-5,10,16H,6H2,(H,17,18). The van der Waals surface area contributed by atoms with Crippen LogP contribution in [-0.4, -0.2) is 31.2 Å². The zero-order valence-electron chi connectivity index (χ0n) is 9.19. The van der Waals surface area contributed by atoms with E-state index in [0.717, 1.165) is 0 Å². The first-order valence-electron chi connectivity index (χ1n) is 5.13. The molecule has 7 heteroatoms. The Labute approximate surface area is 101 Å². The van der Waals surface area contributed by atoms with Crippen LogP contribution in [0.5, 0.6) is 0 Å². The molecule has 6 nitrogen and oxygen atoms in total. The summed E-state index contributed by atoms with van der Waals surface area (Å²) in [5.41, 5.74) is 0.184. The SMILES string of the molecule is O=C(O)c1cn(CC(O)c2cccc(F)c2)nn1. The molecular weight excluding hydrogens is 241 g/mol. The lowest BCUT2D eigenvalue weighted by atomic mass is 10.1. The number of aliphatic hydroxyl groups excluding tert-OH is 1. The number of benzene rings is 1. The highest BCUT2D eigenvalue weighted by Gasteiger charge is 2.13. The number of carboxylic acid groups (broad SMARTS) is 1. The number of aliphatic hydroxyl groups is 1. The van der Waals surface area contributed by atoms with Gasteiger partial charge in [0.2, 0.25) is 0 Å². The number of hydrogen-bond acceptors (Lipinski definition) is 4. The van der Waals surface area contributed by atoms with Crippen molar-refractivity contribution >= 4 is 5.97 Å². The number of carboxylic acids is 1. The molecule has 1 atom stereocenters. The summed E-state index contributed by atoms with van der Waals surface area (Å²) in [6, 6.07) is 5.54. The Bertz CT molecular complexity index is 570. The summed E-state index contributed by atoms with van der Waals surface area (Å²) in [4.78, 5) is 10.6. The van der Waals surface area contributed by atoms with Crippen LogP contribution in [0.4, 0.5) is 4.39 Å². The third kappa shape index (κ3) is 2.69. The van der Waals surface area contributed by atoms with E-state index < -0.39 is 17.9 Å². The van der Waals surface area contributed by atoms with Gasteiger partial charge in [0.25, 0.3) is 0 Å². The summed E-state index contributed by atoms with van der Waals surface area (Å²) in [6.07, 6.45) is 0.217. The van der Waals surface area contributed by atoms with Crippen molar-refractivity contribution in [3.05, 3.63) is 47.5 Å². The van der Waals surface area contributed by atoms with Gasteiger partial charge in [-0.05, 0) is 17.7 Å². The zero-order valence-corrected chi connectivity index (χ0v) is 9.19. The van der Waals surface area contributed by atoms with Crippen molar-refractivity contribution in [2.24, 2.45) is 0 Å². The first kappa shape index (κ1) is 12.2. The molecule has 1 unspecified atom stereocenters. The molecule has 1 heterocycles. The lowest BCUT2D eigenvalue weighted by Gasteiger charge is -2.10. The van der Waals surface area contributed by atoms with E-state index in [4.69, 9.17) is 5.11 Å². The van der Waals surface area contributed by atoms with E-state index in [-0.39, 0.29) is 12.2 Å². The molecule has 0 radical (unpaired) electrons. The van der Waals surface area contributed by atoms with Crippen molar-refractivity contribution in [2.75, 3.05) is 0 Å². The normalized spacial score (nSPS) is 12.3. The minimum Gasteiger partial charge on any atom is -0.476 e. The fourth-order valence-electron chi connectivity index (χ4n) is 1.48. The molecule has 1 aromatic carbocycles. The highest BCUT2D eigenvalue weighted by atomic mass is 19.1. The minimum absolute atomic E-state index is 0.00370. The highest BCUT2D eigenvalue weighted by molar-refractivity contribution is 5.84. The van der Waals surface area contributed by atoms with E-state index in [9.17, 15) is 14.3 Å². The second kappa shape index (κ2) is 4.92. The number of aromatic nitrogens is 3. The van der Waals surface area contributed by atoms with Crippen LogP contribution >= 0.6 is 0 Å². The Morgan fingerprint density at radius 1 is 1.50 bits per heavy atom. The molecule has 0 fully saturated rings. The average molecular weight is 251 g/mol. The summed E-state index contributed by atoms with van der Waals surface area (Å²) in [5.74, 6) is -1.64. The molecule has 0 bridgehead atoms. The molecule has 0 aliphatic heterocycles. The maximum absolute atomic E-state index is 13.0. The summed E-state index contributed by atoms with van der Waals surface area (Å²) in [7, 11) is 0. The molecule has 2 N–H and O–H groups in total. The van der Waals surface area contributed by atoms with E-state index in [0.29, 0.717) is 5.56 Å². The molecule has 0 saturated heterocycles. The van der Waals surface area contributed by atoms with E-state index in [1.54, 1.807) is 6.07 Å². The summed E-state index contributed by atoms with van der Waals surface area (Å²) in [6.45, 7) is 0.00370. The van der Waals surface area contributed by atoms with Crippen LogP contribution in [-0.2, 0) is 6.54 Å². The highest BCUT2D eigenvalue weighted by Crippen LogP contribution is 2.15. The van der Waals surface area contributed by atoms with Crippen LogP contribution in [0.15, 0.2) is 30.5 Å². The Kier molecular flexibility index (Phi) is 3.33. The van der Waals surface area contributed by atoms with Gasteiger partial charge >= 0.3 is 5.97 Å². The first-order valence-corrected chi connectivity index (χ1v) is 5.13. The molecule has 0 spiro atoms. The Balaban J connectivity index is 2.11. The molecule has 0 aliphatic carbocycles. The number of carbonyl (C=O) groups is 1. The predicted molar refractivity (Wildman–Crippen MR) is 58.3 cm³/mol. The van der Waals surface area contributed by atoms with E-state index in [1.807, 2.05) is 0 Å². The van der Waals surface area contributed by atoms with Gasteiger partial charge in [0.05, 0.1) is 18.8 Å². The van der Waals surface area contributed by atoms with Crippen molar-refractivity contribution in [3.8, 4) is 0 Å². The Morgan fingerprint density at radius 3 is 2.89 bits per heavy atom. The predicted octanol–water partition coefficient (Wildman–Crippen LogP) is 0.849. The smallest absolute Gasteiger partial charge is 0.358 e. The van der Waals surface area contributed by atoms with E-state index in [1.165, 1.54) is 29.1 Å². The fourth-order valence-corrected chi connectivity index (χ4v) is 1.48. The largest absolute Gasteiger partial charge is 0.476 e. The van der Waals surface area contributed by atoms with Gasteiger partial charge < -0.3 is 10.2 Å². The Hall–Kier alpha value is -2.28. The third-order valence-electron chi connectivity index (χ3n) is 2.35. The zero-order chi connectivity index (χ0) is 13.1. The molecule has 0 saturated carbocycles. The molecule has 0 amide bonds. The van der Waals surface area contributed by atoms with Crippen LogP contribution in [0.3, 0.4) is 0 Å². The van der Waals surface area contributed by atoms with Crippen molar-refractivity contribution in [2.45, 2.75) is 12.6 Å². The van der Waals surface area contributed by atoms with Gasteiger partial charge in [-0.25, -0.2) is 13.9 Å². The summed E-state index contributed by atoms with van der Waals surface area (Å²) < 4.78 is 14.1. The summed E-state index contributed by atoms with van der Waals surface area (Å²) >= 11 is 0. The number of halogens is 1. The summed E-state index contributed by atoms with van der Waals surface area (Å²) in [5, 5.41) is 25.5. The maximum Gasteiger partial charge on any atom is 0.358 e. The molecule has 2 aromatic rings. The number of nitrogens with zero attached hydrogens (tertiary/aromatic N) is 3. The fraction of sp³-hybridized carbons (Fsp3) is 0.182. The quantitative estimate of drug-likeness (QED) is 0.841. The minimum atomic E-state index is -1.19. The lowest BCUT2D eigenvalue weighted by molar-refractivity contribution is 0.0690. The van der Waals surface area contributed by atoms with Gasteiger partial charge in [0.15, 0.2) is 5.69 Å². The van der Waals surface area contributed by atoms with Gasteiger partial charge in [0.1, 0.15) is 5.82 Å². The molecule has 1 aromatic heterocycles. The van der Waals surface area contributed by atoms with Crippen LogP contribution in [0.2, 0.25) is 0 Å². The van der Waals surface area contributed by atoms with Crippen LogP contribution < -0.4 is 0 Å². The molecule has 94 valence electrons. The van der Waals surface area contributed by atoms with Gasteiger partial charge in [-0.15, -0.1) is 5.10 Å². The molecule has 0 aliphatic rings. The van der Waals surface area contributed by atoms with Gasteiger partial charge in [-0.2, -0.15) is 0 Å². The number of rotatable bonds is 4. The Morgan fingerprint density at radius 2 is 2.28 bits per heavy atom. The third-order valence-corrected chi connectivity index (χ3v) is 2.35. The number of hydrogen-bond donors (Lipinski definition) is 2. The van der Waals surface area contributed by atoms with Crippen molar-refractivity contribution in [3.63, 3.8) is 0 Å². The topological polar surface area (TPSA) is 88.2 Å². The second-order valence-electron chi connectivity index (χ2n) is 3.70. The van der Waals surface area contributed by atoms with Gasteiger partial charge in [-0.1, -0.05) is 17.3 Å². The number of aromatic carboxylic acids is 1. The monoisotopic (exact) mass is 251 g/mol. The molecular formula is C11H10FN3O3.